The highest BCUT2D eigenvalue weighted by Gasteiger charge is 2.45. The highest BCUT2D eigenvalue weighted by molar-refractivity contribution is 7.89. The summed E-state index contributed by atoms with van der Waals surface area (Å²) in [5, 5.41) is 9.03. The summed E-state index contributed by atoms with van der Waals surface area (Å²) < 4.78 is 25.8. The molecule has 0 aliphatic carbocycles. The molecule has 9 heteroatoms. The molecule has 2 rings (SSSR count). The fourth-order valence-electron chi connectivity index (χ4n) is 2.12. The maximum atomic E-state index is 12.4. The van der Waals surface area contributed by atoms with Crippen LogP contribution in [0.25, 0.3) is 0 Å². The number of benzene rings is 1. The van der Waals surface area contributed by atoms with E-state index in [9.17, 15) is 18.0 Å². The van der Waals surface area contributed by atoms with E-state index in [1.807, 2.05) is 0 Å². The van der Waals surface area contributed by atoms with E-state index in [4.69, 9.17) is 16.6 Å². The van der Waals surface area contributed by atoms with Gasteiger partial charge in [0.1, 0.15) is 5.54 Å². The van der Waals surface area contributed by atoms with E-state index >= 15 is 0 Å². The maximum Gasteiger partial charge on any atom is 0.325 e. The molecule has 21 heavy (non-hydrogen) atoms. The van der Waals surface area contributed by atoms with Gasteiger partial charge in [0, 0.05) is 18.7 Å². The highest BCUT2D eigenvalue weighted by atomic mass is 32.2. The van der Waals surface area contributed by atoms with Crippen molar-refractivity contribution in [1.82, 2.24) is 4.31 Å². The van der Waals surface area contributed by atoms with Crippen LogP contribution in [-0.4, -0.2) is 48.3 Å². The largest absolute Gasteiger partial charge is 0.480 e. The zero-order chi connectivity index (χ0) is 15.8. The van der Waals surface area contributed by atoms with Gasteiger partial charge in [-0.1, -0.05) is 0 Å². The normalized spacial score (nSPS) is 23.1. The number of carboxylic acids is 1. The Morgan fingerprint density at radius 3 is 2.24 bits per heavy atom. The van der Waals surface area contributed by atoms with Crippen LogP contribution in [0.2, 0.25) is 0 Å². The first kappa shape index (κ1) is 15.4. The van der Waals surface area contributed by atoms with Crippen molar-refractivity contribution in [2.75, 3.05) is 13.1 Å². The first-order valence-electron chi connectivity index (χ1n) is 6.09. The fourth-order valence-corrected chi connectivity index (χ4v) is 3.63. The van der Waals surface area contributed by atoms with E-state index in [-0.39, 0.29) is 30.0 Å². The number of aliphatic carboxylic acids is 1. The van der Waals surface area contributed by atoms with E-state index in [0.717, 1.165) is 4.31 Å². The molecule has 8 nitrogen and oxygen atoms in total. The van der Waals surface area contributed by atoms with Crippen molar-refractivity contribution in [3.05, 3.63) is 29.8 Å². The van der Waals surface area contributed by atoms with Gasteiger partial charge in [0.05, 0.1) is 4.90 Å². The smallest absolute Gasteiger partial charge is 0.325 e. The van der Waals surface area contributed by atoms with Gasteiger partial charge in [-0.3, -0.25) is 9.59 Å². The molecule has 1 saturated heterocycles. The highest BCUT2D eigenvalue weighted by Crippen LogP contribution is 2.26. The van der Waals surface area contributed by atoms with Crippen LogP contribution in [0, 0.1) is 0 Å². The summed E-state index contributed by atoms with van der Waals surface area (Å²) in [5.41, 5.74) is 9.37. The predicted octanol–water partition coefficient (Wildman–Crippen LogP) is -1.04. The van der Waals surface area contributed by atoms with Gasteiger partial charge in [-0.25, -0.2) is 8.42 Å². The molecule has 1 fully saturated rings. The molecule has 1 amide bonds. The summed E-state index contributed by atoms with van der Waals surface area (Å²) >= 11 is 0. The lowest BCUT2D eigenvalue weighted by Crippen LogP contribution is -2.50. The van der Waals surface area contributed by atoms with Gasteiger partial charge < -0.3 is 16.6 Å². The Morgan fingerprint density at radius 1 is 1.24 bits per heavy atom. The average Bonchev–Trinajstić information content (AvgIpc) is 2.84. The van der Waals surface area contributed by atoms with Crippen LogP contribution in [-0.2, 0) is 14.8 Å². The van der Waals surface area contributed by atoms with Gasteiger partial charge in [0.25, 0.3) is 0 Å². The summed E-state index contributed by atoms with van der Waals surface area (Å²) in [4.78, 5) is 22.0. The summed E-state index contributed by atoms with van der Waals surface area (Å²) in [6, 6.07) is 5.12. The predicted molar refractivity (Wildman–Crippen MR) is 72.9 cm³/mol. The van der Waals surface area contributed by atoms with Gasteiger partial charge in [0.15, 0.2) is 0 Å². The van der Waals surface area contributed by atoms with E-state index in [1.54, 1.807) is 0 Å². The SMILES string of the molecule is NC(=O)c1ccc(S(=O)(=O)N2CCC(N)(C(=O)O)C2)cc1. The van der Waals surface area contributed by atoms with Crippen molar-refractivity contribution in [2.24, 2.45) is 11.5 Å². The molecule has 1 atom stereocenters. The van der Waals surface area contributed by atoms with Crippen molar-refractivity contribution in [1.29, 1.82) is 0 Å². The first-order valence-corrected chi connectivity index (χ1v) is 7.53. The molecule has 1 aliphatic heterocycles. The lowest BCUT2D eigenvalue weighted by atomic mass is 10.0. The van der Waals surface area contributed by atoms with Crippen LogP contribution in [0.1, 0.15) is 16.8 Å². The van der Waals surface area contributed by atoms with Crippen LogP contribution >= 0.6 is 0 Å². The number of hydrogen-bond donors (Lipinski definition) is 3. The van der Waals surface area contributed by atoms with Crippen molar-refractivity contribution in [2.45, 2.75) is 16.9 Å². The minimum atomic E-state index is -3.85. The topological polar surface area (TPSA) is 144 Å². The van der Waals surface area contributed by atoms with Crippen LogP contribution in [0.3, 0.4) is 0 Å². The van der Waals surface area contributed by atoms with Gasteiger partial charge in [-0.2, -0.15) is 4.31 Å². The Kier molecular flexibility index (Phi) is 3.74. The maximum absolute atomic E-state index is 12.4. The minimum absolute atomic E-state index is 0.0305. The second kappa shape index (κ2) is 5.10. The minimum Gasteiger partial charge on any atom is -0.480 e. The quantitative estimate of drug-likeness (QED) is 0.647. The molecule has 5 N–H and O–H groups in total. The Balaban J connectivity index is 2.27. The van der Waals surface area contributed by atoms with Crippen LogP contribution in [0.5, 0.6) is 0 Å². The number of carbonyl (C=O) groups excluding carboxylic acids is 1. The number of carbonyl (C=O) groups is 2. The van der Waals surface area contributed by atoms with Crippen molar-refractivity contribution in [3.63, 3.8) is 0 Å². The number of nitrogens with two attached hydrogens (primary N) is 2. The number of primary amides is 1. The zero-order valence-corrected chi connectivity index (χ0v) is 11.8. The number of rotatable bonds is 4. The average molecular weight is 313 g/mol. The standard InChI is InChI=1S/C12H15N3O5S/c13-10(16)8-1-3-9(4-2-8)21(19,20)15-6-5-12(14,7-15)11(17)18/h1-4H,5-7,14H2,(H2,13,16)(H,17,18). The van der Waals surface area contributed by atoms with E-state index in [2.05, 4.69) is 0 Å². The molecule has 1 heterocycles. The Labute approximate surface area is 121 Å². The van der Waals surface area contributed by atoms with E-state index in [0.29, 0.717) is 0 Å². The summed E-state index contributed by atoms with van der Waals surface area (Å²) in [6.07, 6.45) is 0.0426. The van der Waals surface area contributed by atoms with Gasteiger partial charge in [-0.05, 0) is 30.7 Å². The molecule has 1 aromatic carbocycles. The second-order valence-corrected chi connectivity index (χ2v) is 6.88. The zero-order valence-electron chi connectivity index (χ0n) is 11.0. The van der Waals surface area contributed by atoms with Crippen molar-refractivity contribution in [3.8, 4) is 0 Å². The summed E-state index contributed by atoms with van der Waals surface area (Å²) in [6.45, 7) is -0.259. The Morgan fingerprint density at radius 2 is 1.81 bits per heavy atom. The molecule has 0 saturated carbocycles. The second-order valence-electron chi connectivity index (χ2n) is 4.94. The van der Waals surface area contributed by atoms with Crippen LogP contribution in [0.4, 0.5) is 0 Å². The number of sulfonamides is 1. The number of hydrogen-bond acceptors (Lipinski definition) is 5. The summed E-state index contributed by atoms with van der Waals surface area (Å²) in [5.74, 6) is -1.89. The van der Waals surface area contributed by atoms with Crippen molar-refractivity contribution >= 4 is 21.9 Å². The number of nitrogens with zero attached hydrogens (tertiary/aromatic N) is 1. The molecular weight excluding hydrogens is 298 g/mol. The Hall–Kier alpha value is -1.97. The molecule has 1 aliphatic rings. The fraction of sp³-hybridized carbons (Fsp3) is 0.333. The monoisotopic (exact) mass is 313 g/mol. The molecule has 114 valence electrons. The molecule has 0 spiro atoms. The van der Waals surface area contributed by atoms with Crippen LogP contribution in [0.15, 0.2) is 29.2 Å². The van der Waals surface area contributed by atoms with E-state index in [1.165, 1.54) is 24.3 Å². The van der Waals surface area contributed by atoms with Crippen molar-refractivity contribution < 1.29 is 23.1 Å². The number of amides is 1. The molecule has 1 aromatic rings. The lowest BCUT2D eigenvalue weighted by Gasteiger charge is -2.20. The third kappa shape index (κ3) is 2.75. The van der Waals surface area contributed by atoms with Crippen LogP contribution < -0.4 is 11.5 Å². The molecular formula is C12H15N3O5S. The van der Waals surface area contributed by atoms with Gasteiger partial charge in [-0.15, -0.1) is 0 Å². The molecule has 1 unspecified atom stereocenters. The third-order valence-electron chi connectivity index (χ3n) is 3.47. The lowest BCUT2D eigenvalue weighted by molar-refractivity contribution is -0.142. The molecule has 0 bridgehead atoms. The first-order chi connectivity index (χ1) is 9.67. The van der Waals surface area contributed by atoms with E-state index < -0.39 is 27.4 Å². The molecule has 0 aromatic heterocycles. The van der Waals surface area contributed by atoms with Gasteiger partial charge >= 0.3 is 5.97 Å². The third-order valence-corrected chi connectivity index (χ3v) is 5.33. The number of carboxylic acid groups (broad SMARTS) is 1. The summed E-state index contributed by atoms with van der Waals surface area (Å²) in [7, 11) is -3.85. The Bertz CT molecular complexity index is 685. The van der Waals surface area contributed by atoms with Gasteiger partial charge in [0.2, 0.25) is 15.9 Å². The molecule has 0 radical (unpaired) electrons.